The maximum atomic E-state index is 5.62. The first kappa shape index (κ1) is 23.9. The molecule has 0 amide bonds. The van der Waals surface area contributed by atoms with Crippen LogP contribution in [0.2, 0.25) is 0 Å². The largest absolute Gasteiger partial charge is 0.463 e. The molecule has 3 aromatic rings. The fourth-order valence-corrected chi connectivity index (χ4v) is 3.88. The fourth-order valence-electron chi connectivity index (χ4n) is 2.78. The van der Waals surface area contributed by atoms with Crippen molar-refractivity contribution in [3.05, 3.63) is 57.6 Å². The molecule has 3 rings (SSSR count). The van der Waals surface area contributed by atoms with E-state index in [1.165, 1.54) is 12.1 Å². The number of aromatic nitrogens is 4. The van der Waals surface area contributed by atoms with Gasteiger partial charge in [-0.15, -0.1) is 0 Å². The summed E-state index contributed by atoms with van der Waals surface area (Å²) in [5.74, 6) is 0.806. The summed E-state index contributed by atoms with van der Waals surface area (Å²) < 4.78 is 14.1. The zero-order chi connectivity index (χ0) is 21.9. The highest BCUT2D eigenvalue weighted by Crippen LogP contribution is 2.31. The standard InChI is InChI=1S/C21H24Br2N6OS/c1-2-10-28-31-29-20-19(15-6-8-16(22)9-7-15)18(26-14-27-20)5-3-4-11-30-21-24-12-17(23)13-25-21/h6-9,12-14,28H,2-5,10-11H2,1H3,(H,26,27,29). The third-order valence-corrected chi connectivity index (χ3v) is 5.85. The Hall–Kier alpha value is -1.75. The molecule has 0 atom stereocenters. The van der Waals surface area contributed by atoms with E-state index in [4.69, 9.17) is 4.74 Å². The fraction of sp³-hybridized carbons (Fsp3) is 0.333. The van der Waals surface area contributed by atoms with E-state index in [1.54, 1.807) is 18.7 Å². The predicted octanol–water partition coefficient (Wildman–Crippen LogP) is 5.84. The summed E-state index contributed by atoms with van der Waals surface area (Å²) >= 11 is 8.27. The van der Waals surface area contributed by atoms with Gasteiger partial charge in [0.25, 0.3) is 0 Å². The van der Waals surface area contributed by atoms with Gasteiger partial charge in [0, 0.05) is 41.1 Å². The van der Waals surface area contributed by atoms with Crippen LogP contribution in [0.3, 0.4) is 0 Å². The number of aryl methyl sites for hydroxylation is 1. The Kier molecular flexibility index (Phi) is 9.98. The molecular weight excluding hydrogens is 544 g/mol. The third-order valence-electron chi connectivity index (χ3n) is 4.27. The van der Waals surface area contributed by atoms with E-state index in [-0.39, 0.29) is 0 Å². The highest BCUT2D eigenvalue weighted by molar-refractivity contribution is 9.10. The molecule has 1 aromatic carbocycles. The van der Waals surface area contributed by atoms with Crippen molar-refractivity contribution < 1.29 is 4.74 Å². The smallest absolute Gasteiger partial charge is 0.316 e. The lowest BCUT2D eigenvalue weighted by molar-refractivity contribution is 0.283. The summed E-state index contributed by atoms with van der Waals surface area (Å²) in [6.45, 7) is 3.61. The second-order valence-corrected chi connectivity index (χ2v) is 9.17. The SMILES string of the molecule is CCCNSNc1ncnc(CCCCOc2ncc(Br)cn2)c1-c1ccc(Br)cc1. The predicted molar refractivity (Wildman–Crippen MR) is 133 cm³/mol. The van der Waals surface area contributed by atoms with Gasteiger partial charge in [0.15, 0.2) is 0 Å². The number of nitrogens with zero attached hydrogens (tertiary/aromatic N) is 4. The zero-order valence-electron chi connectivity index (χ0n) is 17.1. The van der Waals surface area contributed by atoms with Crippen LogP contribution in [0.15, 0.2) is 51.9 Å². The minimum absolute atomic E-state index is 0.392. The van der Waals surface area contributed by atoms with Crippen LogP contribution in [0.1, 0.15) is 31.9 Å². The molecule has 0 bridgehead atoms. The molecule has 2 aromatic heterocycles. The maximum Gasteiger partial charge on any atom is 0.316 e. The Morgan fingerprint density at radius 1 is 0.968 bits per heavy atom. The first-order valence-corrected chi connectivity index (χ1v) is 12.4. The minimum Gasteiger partial charge on any atom is -0.463 e. The van der Waals surface area contributed by atoms with Crippen LogP contribution in [0, 0.1) is 0 Å². The Morgan fingerprint density at radius 3 is 2.48 bits per heavy atom. The number of unbranched alkanes of at least 4 members (excludes halogenated alkanes) is 1. The van der Waals surface area contributed by atoms with E-state index in [2.05, 4.69) is 80.3 Å². The minimum atomic E-state index is 0.392. The summed E-state index contributed by atoms with van der Waals surface area (Å²) in [6, 6.07) is 8.61. The molecule has 31 heavy (non-hydrogen) atoms. The quantitative estimate of drug-likeness (QED) is 0.209. The molecule has 0 aliphatic carbocycles. The number of hydrogen-bond acceptors (Lipinski definition) is 8. The van der Waals surface area contributed by atoms with Gasteiger partial charge in [0.1, 0.15) is 12.1 Å². The molecular formula is C21H24Br2N6OS. The molecule has 0 spiro atoms. The van der Waals surface area contributed by atoms with Gasteiger partial charge in [0.05, 0.1) is 16.8 Å². The zero-order valence-corrected chi connectivity index (χ0v) is 21.1. The molecule has 0 saturated carbocycles. The molecule has 164 valence electrons. The maximum absolute atomic E-state index is 5.62. The van der Waals surface area contributed by atoms with Crippen molar-refractivity contribution in [2.75, 3.05) is 17.9 Å². The number of ether oxygens (including phenoxy) is 1. The molecule has 7 nitrogen and oxygen atoms in total. The van der Waals surface area contributed by atoms with Crippen LogP contribution in [-0.4, -0.2) is 33.1 Å². The molecule has 0 radical (unpaired) electrons. The Bertz CT molecular complexity index is 944. The topological polar surface area (TPSA) is 84.9 Å². The molecule has 10 heteroatoms. The van der Waals surface area contributed by atoms with Crippen molar-refractivity contribution in [3.63, 3.8) is 0 Å². The summed E-state index contributed by atoms with van der Waals surface area (Å²) in [4.78, 5) is 17.3. The van der Waals surface area contributed by atoms with Crippen LogP contribution in [0.25, 0.3) is 11.1 Å². The second-order valence-electron chi connectivity index (χ2n) is 6.64. The summed E-state index contributed by atoms with van der Waals surface area (Å²) in [5.41, 5.74) is 3.12. The van der Waals surface area contributed by atoms with E-state index in [0.717, 1.165) is 63.8 Å². The number of rotatable bonds is 12. The van der Waals surface area contributed by atoms with Crippen molar-refractivity contribution in [2.24, 2.45) is 0 Å². The third kappa shape index (κ3) is 7.71. The second kappa shape index (κ2) is 12.9. The lowest BCUT2D eigenvalue weighted by Crippen LogP contribution is -2.10. The van der Waals surface area contributed by atoms with Gasteiger partial charge in [0.2, 0.25) is 0 Å². The van der Waals surface area contributed by atoms with E-state index >= 15 is 0 Å². The van der Waals surface area contributed by atoms with Crippen molar-refractivity contribution in [3.8, 4) is 17.1 Å². The van der Waals surface area contributed by atoms with E-state index in [1.807, 2.05) is 12.1 Å². The molecule has 0 aliphatic rings. The van der Waals surface area contributed by atoms with Crippen LogP contribution in [0.5, 0.6) is 6.01 Å². The van der Waals surface area contributed by atoms with Crippen molar-refractivity contribution in [2.45, 2.75) is 32.6 Å². The molecule has 0 aliphatic heterocycles. The van der Waals surface area contributed by atoms with Gasteiger partial charge in [-0.1, -0.05) is 35.0 Å². The van der Waals surface area contributed by atoms with E-state index in [9.17, 15) is 0 Å². The Morgan fingerprint density at radius 2 is 1.74 bits per heavy atom. The average Bonchev–Trinajstić information content (AvgIpc) is 2.78. The Labute approximate surface area is 203 Å². The normalized spacial score (nSPS) is 10.8. The van der Waals surface area contributed by atoms with Crippen molar-refractivity contribution in [1.82, 2.24) is 24.7 Å². The van der Waals surface area contributed by atoms with Gasteiger partial charge in [-0.3, -0.25) is 0 Å². The van der Waals surface area contributed by atoms with E-state index in [0.29, 0.717) is 12.6 Å². The summed E-state index contributed by atoms with van der Waals surface area (Å²) in [6.07, 6.45) is 8.66. The van der Waals surface area contributed by atoms with Gasteiger partial charge in [-0.05, 0) is 59.3 Å². The first-order valence-electron chi connectivity index (χ1n) is 10.0. The number of nitrogens with one attached hydrogen (secondary N) is 2. The molecule has 0 saturated heterocycles. The van der Waals surface area contributed by atoms with Gasteiger partial charge in [-0.25, -0.2) is 24.7 Å². The molecule has 2 heterocycles. The van der Waals surface area contributed by atoms with Crippen LogP contribution >= 0.6 is 44.0 Å². The molecule has 0 unspecified atom stereocenters. The van der Waals surface area contributed by atoms with E-state index < -0.39 is 0 Å². The van der Waals surface area contributed by atoms with Gasteiger partial charge in [-0.2, -0.15) is 0 Å². The molecule has 2 N–H and O–H groups in total. The average molecular weight is 568 g/mol. The number of halogens is 2. The highest BCUT2D eigenvalue weighted by Gasteiger charge is 2.14. The number of benzene rings is 1. The highest BCUT2D eigenvalue weighted by atomic mass is 79.9. The first-order chi connectivity index (χ1) is 15.2. The Balaban J connectivity index is 1.65. The van der Waals surface area contributed by atoms with Gasteiger partial charge >= 0.3 is 6.01 Å². The van der Waals surface area contributed by atoms with Crippen LogP contribution < -0.4 is 14.2 Å². The molecule has 0 fully saturated rings. The van der Waals surface area contributed by atoms with Crippen LogP contribution in [0.4, 0.5) is 5.82 Å². The van der Waals surface area contributed by atoms with Crippen molar-refractivity contribution >= 4 is 49.8 Å². The summed E-state index contributed by atoms with van der Waals surface area (Å²) in [7, 11) is 0. The number of anilines is 1. The van der Waals surface area contributed by atoms with Crippen molar-refractivity contribution in [1.29, 1.82) is 0 Å². The number of hydrogen-bond donors (Lipinski definition) is 2. The lowest BCUT2D eigenvalue weighted by atomic mass is 10.0. The van der Waals surface area contributed by atoms with Crippen LogP contribution in [-0.2, 0) is 6.42 Å². The van der Waals surface area contributed by atoms with Gasteiger partial charge < -0.3 is 9.46 Å². The summed E-state index contributed by atoms with van der Waals surface area (Å²) in [5, 5.41) is 0. The monoisotopic (exact) mass is 566 g/mol. The lowest BCUT2D eigenvalue weighted by Gasteiger charge is -2.14.